The lowest BCUT2D eigenvalue weighted by Gasteiger charge is -2.07. The Morgan fingerprint density at radius 3 is 2.29 bits per heavy atom. The summed E-state index contributed by atoms with van der Waals surface area (Å²) in [6, 6.07) is 0. The second-order valence-electron chi connectivity index (χ2n) is 2.12. The fourth-order valence-electron chi connectivity index (χ4n) is 0.668. The van der Waals surface area contributed by atoms with Gasteiger partial charge in [0.15, 0.2) is 0 Å². The van der Waals surface area contributed by atoms with Crippen molar-refractivity contribution in [1.82, 2.24) is 0 Å². The SMILES string of the molecule is C#CC(=C(C=NC)C(=O)O)C(F)(F)F. The summed E-state index contributed by atoms with van der Waals surface area (Å²) in [5.41, 5.74) is -2.59. The van der Waals surface area contributed by atoms with E-state index in [1.165, 1.54) is 5.92 Å². The number of aliphatic imine (C=N–C) groups is 1. The van der Waals surface area contributed by atoms with Crippen molar-refractivity contribution in [2.24, 2.45) is 4.99 Å². The summed E-state index contributed by atoms with van der Waals surface area (Å²) in [6.07, 6.45) is 0.278. The molecule has 0 unspecified atom stereocenters. The van der Waals surface area contributed by atoms with Crippen LogP contribution in [0.1, 0.15) is 0 Å². The normalized spacial score (nSPS) is 13.6. The molecule has 0 spiro atoms. The van der Waals surface area contributed by atoms with E-state index in [1.807, 2.05) is 0 Å². The predicted octanol–water partition coefficient (Wildman–Crippen LogP) is 1.26. The first-order valence-corrected chi connectivity index (χ1v) is 3.28. The van der Waals surface area contributed by atoms with Gasteiger partial charge in [-0.1, -0.05) is 5.92 Å². The summed E-state index contributed by atoms with van der Waals surface area (Å²) >= 11 is 0. The number of rotatable bonds is 2. The van der Waals surface area contributed by atoms with Gasteiger partial charge in [0.1, 0.15) is 5.57 Å². The Balaban J connectivity index is 5.58. The first kappa shape index (κ1) is 12.2. The van der Waals surface area contributed by atoms with Gasteiger partial charge in [-0.2, -0.15) is 13.2 Å². The van der Waals surface area contributed by atoms with Gasteiger partial charge in [-0.25, -0.2) is 4.79 Å². The second-order valence-corrected chi connectivity index (χ2v) is 2.12. The first-order chi connectivity index (χ1) is 6.34. The van der Waals surface area contributed by atoms with Crippen molar-refractivity contribution >= 4 is 12.2 Å². The van der Waals surface area contributed by atoms with Crippen LogP contribution in [-0.2, 0) is 4.79 Å². The van der Waals surface area contributed by atoms with Crippen LogP contribution in [0.25, 0.3) is 0 Å². The molecule has 6 heteroatoms. The van der Waals surface area contributed by atoms with Crippen molar-refractivity contribution in [3.05, 3.63) is 11.1 Å². The van der Waals surface area contributed by atoms with Crippen molar-refractivity contribution in [3.63, 3.8) is 0 Å². The number of halogens is 3. The summed E-state index contributed by atoms with van der Waals surface area (Å²) in [7, 11) is 1.15. The third-order valence-corrected chi connectivity index (χ3v) is 1.19. The van der Waals surface area contributed by atoms with E-state index in [9.17, 15) is 18.0 Å². The Kier molecular flexibility index (Phi) is 3.90. The number of allylic oxidation sites excluding steroid dienone is 1. The molecule has 0 atom stereocenters. The molecule has 0 aliphatic carbocycles. The maximum Gasteiger partial charge on any atom is 0.425 e. The zero-order valence-corrected chi connectivity index (χ0v) is 7.09. The van der Waals surface area contributed by atoms with Crippen molar-refractivity contribution in [2.45, 2.75) is 6.18 Å². The molecule has 0 radical (unpaired) electrons. The largest absolute Gasteiger partial charge is 0.478 e. The molecule has 0 aromatic rings. The van der Waals surface area contributed by atoms with Crippen molar-refractivity contribution in [3.8, 4) is 12.3 Å². The maximum absolute atomic E-state index is 12.1. The lowest BCUT2D eigenvalue weighted by Crippen LogP contribution is -2.17. The molecule has 0 heterocycles. The van der Waals surface area contributed by atoms with Gasteiger partial charge < -0.3 is 5.11 Å². The zero-order valence-electron chi connectivity index (χ0n) is 7.09. The Morgan fingerprint density at radius 2 is 2.07 bits per heavy atom. The molecule has 0 saturated heterocycles. The van der Waals surface area contributed by atoms with Gasteiger partial charge in [0.05, 0.1) is 5.57 Å². The Bertz CT molecular complexity index is 333. The van der Waals surface area contributed by atoms with E-state index in [1.54, 1.807) is 0 Å². The number of carboxylic acids is 1. The summed E-state index contributed by atoms with van der Waals surface area (Å²) in [5, 5.41) is 8.42. The number of terminal acetylenes is 1. The van der Waals surface area contributed by atoms with E-state index < -0.39 is 23.3 Å². The fraction of sp³-hybridized carbons (Fsp3) is 0.250. The summed E-state index contributed by atoms with van der Waals surface area (Å²) < 4.78 is 36.4. The average molecular weight is 205 g/mol. The van der Waals surface area contributed by atoms with Crippen LogP contribution in [0.5, 0.6) is 0 Å². The number of carbonyl (C=O) groups is 1. The number of carboxylic acid groups (broad SMARTS) is 1. The lowest BCUT2D eigenvalue weighted by molar-refractivity contribution is -0.133. The van der Waals surface area contributed by atoms with Gasteiger partial charge >= 0.3 is 12.1 Å². The molecule has 3 nitrogen and oxygen atoms in total. The van der Waals surface area contributed by atoms with Crippen molar-refractivity contribution in [2.75, 3.05) is 7.05 Å². The van der Waals surface area contributed by atoms with Crippen LogP contribution >= 0.6 is 0 Å². The standard InChI is InChI=1S/C8H6F3NO2/c1-3-6(8(9,10)11)5(4-12-2)7(13)14/h1,4H,2H3,(H,13,14). The van der Waals surface area contributed by atoms with Gasteiger partial charge in [0.2, 0.25) is 0 Å². The number of aliphatic carboxylic acids is 1. The van der Waals surface area contributed by atoms with Crippen molar-refractivity contribution in [1.29, 1.82) is 0 Å². The highest BCUT2D eigenvalue weighted by Crippen LogP contribution is 2.27. The number of alkyl halides is 3. The molecule has 0 aromatic carbocycles. The lowest BCUT2D eigenvalue weighted by atomic mass is 10.1. The Hall–Kier alpha value is -1.77. The van der Waals surface area contributed by atoms with Gasteiger partial charge in [0, 0.05) is 13.3 Å². The molecular formula is C8H6F3NO2. The maximum atomic E-state index is 12.1. The van der Waals surface area contributed by atoms with Crippen LogP contribution in [0.3, 0.4) is 0 Å². The molecular weight excluding hydrogens is 199 g/mol. The summed E-state index contributed by atoms with van der Waals surface area (Å²) in [6.45, 7) is 0. The van der Waals surface area contributed by atoms with Crippen molar-refractivity contribution < 1.29 is 23.1 Å². The molecule has 0 fully saturated rings. The first-order valence-electron chi connectivity index (χ1n) is 3.28. The van der Waals surface area contributed by atoms with Gasteiger partial charge in [-0.3, -0.25) is 4.99 Å². The van der Waals surface area contributed by atoms with E-state index in [0.717, 1.165) is 7.05 Å². The third kappa shape index (κ3) is 2.94. The topological polar surface area (TPSA) is 49.7 Å². The van der Waals surface area contributed by atoms with Crippen LogP contribution < -0.4 is 0 Å². The predicted molar refractivity (Wildman–Crippen MR) is 44.0 cm³/mol. The molecule has 0 bridgehead atoms. The highest BCUT2D eigenvalue weighted by Gasteiger charge is 2.36. The third-order valence-electron chi connectivity index (χ3n) is 1.19. The zero-order chi connectivity index (χ0) is 11.4. The molecule has 0 aliphatic heterocycles. The molecule has 0 saturated carbocycles. The minimum atomic E-state index is -4.86. The van der Waals surface area contributed by atoms with E-state index in [2.05, 4.69) is 11.4 Å². The van der Waals surface area contributed by atoms with Crippen LogP contribution in [0.15, 0.2) is 16.1 Å². The van der Waals surface area contributed by atoms with Gasteiger partial charge in [-0.05, 0) is 0 Å². The van der Waals surface area contributed by atoms with Crippen LogP contribution in [0.4, 0.5) is 13.2 Å². The smallest absolute Gasteiger partial charge is 0.425 e. The van der Waals surface area contributed by atoms with E-state index in [0.29, 0.717) is 6.21 Å². The molecule has 76 valence electrons. The molecule has 0 rings (SSSR count). The highest BCUT2D eigenvalue weighted by molar-refractivity contribution is 6.10. The molecule has 14 heavy (non-hydrogen) atoms. The number of hydrogen-bond acceptors (Lipinski definition) is 2. The quantitative estimate of drug-likeness (QED) is 0.419. The monoisotopic (exact) mass is 205 g/mol. The molecule has 1 N–H and O–H groups in total. The number of hydrogen-bond donors (Lipinski definition) is 1. The van der Waals surface area contributed by atoms with E-state index in [4.69, 9.17) is 5.11 Å². The Morgan fingerprint density at radius 1 is 1.57 bits per heavy atom. The van der Waals surface area contributed by atoms with E-state index in [-0.39, 0.29) is 0 Å². The average Bonchev–Trinajstić information content (AvgIpc) is 2.01. The van der Waals surface area contributed by atoms with Gasteiger partial charge in [-0.15, -0.1) is 6.42 Å². The fourth-order valence-corrected chi connectivity index (χ4v) is 0.668. The molecule has 0 aliphatic rings. The van der Waals surface area contributed by atoms with Crippen LogP contribution in [-0.4, -0.2) is 30.5 Å². The molecule has 0 aromatic heterocycles. The van der Waals surface area contributed by atoms with E-state index >= 15 is 0 Å². The highest BCUT2D eigenvalue weighted by atomic mass is 19.4. The molecule has 0 amide bonds. The summed E-state index contributed by atoms with van der Waals surface area (Å²) in [5.74, 6) is -0.472. The second kappa shape index (κ2) is 4.46. The van der Waals surface area contributed by atoms with Crippen LogP contribution in [0.2, 0.25) is 0 Å². The van der Waals surface area contributed by atoms with Gasteiger partial charge in [0.25, 0.3) is 0 Å². The number of nitrogens with zero attached hydrogens (tertiary/aromatic N) is 1. The minimum Gasteiger partial charge on any atom is -0.478 e. The summed E-state index contributed by atoms with van der Waals surface area (Å²) in [4.78, 5) is 13.6. The van der Waals surface area contributed by atoms with Crippen LogP contribution in [0, 0.1) is 12.3 Å². The minimum absolute atomic E-state index is 0.561. The Labute approximate surface area is 78.0 Å².